The minimum Gasteiger partial charge on any atom is -0.339 e. The second-order valence-electron chi connectivity index (χ2n) is 11.6. The van der Waals surface area contributed by atoms with Crippen LogP contribution in [0.4, 0.5) is 0 Å². The van der Waals surface area contributed by atoms with E-state index in [0.717, 1.165) is 56.8 Å². The number of hydrogen-bond donors (Lipinski definition) is 0. The summed E-state index contributed by atoms with van der Waals surface area (Å²) in [6.45, 7) is 6.98. The molecule has 2 amide bonds. The Hall–Kier alpha value is -1.39. The maximum atomic E-state index is 13.1. The lowest BCUT2D eigenvalue weighted by Gasteiger charge is -2.41. The number of carbonyl (C=O) groups is 3. The van der Waals surface area contributed by atoms with Gasteiger partial charge in [0.25, 0.3) is 0 Å². The third-order valence-electron chi connectivity index (χ3n) is 9.05. The van der Waals surface area contributed by atoms with Crippen molar-refractivity contribution in [1.82, 2.24) is 9.80 Å². The molecule has 0 N–H and O–H groups in total. The second-order valence-corrected chi connectivity index (χ2v) is 11.6. The summed E-state index contributed by atoms with van der Waals surface area (Å²) < 4.78 is 0. The van der Waals surface area contributed by atoms with E-state index < -0.39 is 0 Å². The first-order valence-corrected chi connectivity index (χ1v) is 13.5. The van der Waals surface area contributed by atoms with Crippen molar-refractivity contribution in [1.29, 1.82) is 0 Å². The van der Waals surface area contributed by atoms with Crippen LogP contribution in [0.25, 0.3) is 0 Å². The zero-order valence-electron chi connectivity index (χ0n) is 20.4. The molecule has 3 saturated carbocycles. The highest BCUT2D eigenvalue weighted by molar-refractivity contribution is 5.85. The summed E-state index contributed by atoms with van der Waals surface area (Å²) in [6.07, 6.45) is 14.0. The fraction of sp³-hybridized carbons (Fsp3) is 0.889. The Labute approximate surface area is 194 Å². The van der Waals surface area contributed by atoms with Gasteiger partial charge in [0.1, 0.15) is 5.78 Å². The van der Waals surface area contributed by atoms with E-state index >= 15 is 0 Å². The van der Waals surface area contributed by atoms with E-state index in [1.54, 1.807) is 0 Å². The molecule has 1 saturated heterocycles. The maximum absolute atomic E-state index is 13.1. The third-order valence-corrected chi connectivity index (χ3v) is 9.05. The van der Waals surface area contributed by atoms with Crippen LogP contribution in [0.5, 0.6) is 0 Å². The zero-order valence-corrected chi connectivity index (χ0v) is 20.4. The van der Waals surface area contributed by atoms with E-state index in [4.69, 9.17) is 0 Å². The fourth-order valence-electron chi connectivity index (χ4n) is 6.66. The van der Waals surface area contributed by atoms with Crippen molar-refractivity contribution in [3.8, 4) is 0 Å². The predicted molar refractivity (Wildman–Crippen MR) is 126 cm³/mol. The summed E-state index contributed by atoms with van der Waals surface area (Å²) in [4.78, 5) is 41.8. The van der Waals surface area contributed by atoms with Crippen molar-refractivity contribution in [2.45, 2.75) is 97.3 Å². The van der Waals surface area contributed by atoms with Crippen LogP contribution in [-0.4, -0.2) is 53.6 Å². The molecule has 0 aromatic rings. The highest BCUT2D eigenvalue weighted by Gasteiger charge is 2.47. The highest BCUT2D eigenvalue weighted by Crippen LogP contribution is 2.47. The smallest absolute Gasteiger partial charge is 0.228 e. The van der Waals surface area contributed by atoms with Gasteiger partial charge in [0.2, 0.25) is 11.8 Å². The Morgan fingerprint density at radius 1 is 0.844 bits per heavy atom. The zero-order chi connectivity index (χ0) is 22.7. The van der Waals surface area contributed by atoms with E-state index in [1.807, 2.05) is 9.80 Å². The Morgan fingerprint density at radius 3 is 2.12 bits per heavy atom. The van der Waals surface area contributed by atoms with Crippen LogP contribution in [0.3, 0.4) is 0 Å². The number of Topliss-reactive ketones (excluding diaryl/α,β-unsaturated/α-hetero) is 1. The first-order valence-electron chi connectivity index (χ1n) is 13.5. The van der Waals surface area contributed by atoms with E-state index in [2.05, 4.69) is 13.8 Å². The van der Waals surface area contributed by atoms with Gasteiger partial charge in [-0.1, -0.05) is 33.1 Å². The molecule has 0 aromatic carbocycles. The molecule has 2 unspecified atom stereocenters. The lowest BCUT2D eigenvalue weighted by atomic mass is 9.68. The molecular formula is C27H44N2O3. The normalized spacial score (nSPS) is 32.4. The molecule has 1 aliphatic heterocycles. The number of rotatable bonds is 7. The van der Waals surface area contributed by atoms with Gasteiger partial charge in [-0.25, -0.2) is 0 Å². The van der Waals surface area contributed by atoms with Crippen molar-refractivity contribution >= 4 is 17.6 Å². The largest absolute Gasteiger partial charge is 0.339 e. The lowest BCUT2D eigenvalue weighted by Crippen LogP contribution is -2.53. The van der Waals surface area contributed by atoms with Gasteiger partial charge >= 0.3 is 0 Å². The number of hydrogen-bond acceptors (Lipinski definition) is 3. The molecule has 0 spiro atoms. The van der Waals surface area contributed by atoms with Crippen molar-refractivity contribution in [2.75, 3.05) is 26.2 Å². The molecule has 0 radical (unpaired) electrons. The molecule has 5 heteroatoms. The van der Waals surface area contributed by atoms with E-state index in [0.29, 0.717) is 49.7 Å². The minimum atomic E-state index is -0.105. The van der Waals surface area contributed by atoms with Crippen molar-refractivity contribution < 1.29 is 14.4 Å². The van der Waals surface area contributed by atoms with Crippen LogP contribution in [0, 0.1) is 29.1 Å². The molecule has 180 valence electrons. The molecule has 2 atom stereocenters. The number of ketones is 1. The van der Waals surface area contributed by atoms with E-state index in [1.165, 1.54) is 38.5 Å². The minimum absolute atomic E-state index is 0.105. The molecule has 5 nitrogen and oxygen atoms in total. The van der Waals surface area contributed by atoms with Gasteiger partial charge in [-0.3, -0.25) is 14.4 Å². The molecule has 0 bridgehead atoms. The van der Waals surface area contributed by atoms with Crippen LogP contribution >= 0.6 is 0 Å². The first kappa shape index (κ1) is 23.8. The summed E-state index contributed by atoms with van der Waals surface area (Å²) >= 11 is 0. The number of piperazine rings is 1. The Kier molecular flexibility index (Phi) is 7.62. The third kappa shape index (κ3) is 5.56. The molecular weight excluding hydrogens is 400 g/mol. The number of carbonyl (C=O) groups excluding carboxylic acids is 3. The average Bonchev–Trinajstić information content (AvgIpc) is 3.57. The van der Waals surface area contributed by atoms with Gasteiger partial charge in [0, 0.05) is 50.4 Å². The first-order chi connectivity index (χ1) is 15.4. The van der Waals surface area contributed by atoms with Crippen molar-refractivity contribution in [2.24, 2.45) is 29.1 Å². The lowest BCUT2D eigenvalue weighted by molar-refractivity contribution is -0.145. The van der Waals surface area contributed by atoms with Crippen LogP contribution < -0.4 is 0 Å². The van der Waals surface area contributed by atoms with Crippen LogP contribution in [0.15, 0.2) is 0 Å². The summed E-state index contributed by atoms with van der Waals surface area (Å²) in [6, 6.07) is 0. The Balaban J connectivity index is 1.19. The van der Waals surface area contributed by atoms with Gasteiger partial charge in [-0.05, 0) is 69.1 Å². The van der Waals surface area contributed by atoms with Crippen LogP contribution in [0.1, 0.15) is 97.3 Å². The van der Waals surface area contributed by atoms with Gasteiger partial charge in [-0.2, -0.15) is 0 Å². The second kappa shape index (κ2) is 10.3. The standard InChI is InChI=1S/C27H44N2O3/c1-3-5-24(30)19-20-6-4-7-23(18-20)21-8-10-22(11-9-21)25(31)28-14-16-29(17-15-28)26(32)27(2)12-13-27/h20-23H,3-19H2,1-2H3. The molecule has 32 heavy (non-hydrogen) atoms. The monoisotopic (exact) mass is 444 g/mol. The summed E-state index contributed by atoms with van der Waals surface area (Å²) in [7, 11) is 0. The van der Waals surface area contributed by atoms with Crippen molar-refractivity contribution in [3.05, 3.63) is 0 Å². The molecule has 1 heterocycles. The highest BCUT2D eigenvalue weighted by atomic mass is 16.2. The molecule has 4 fully saturated rings. The van der Waals surface area contributed by atoms with Gasteiger partial charge in [0.15, 0.2) is 0 Å². The molecule has 4 rings (SSSR count). The van der Waals surface area contributed by atoms with Crippen LogP contribution in [0.2, 0.25) is 0 Å². The topological polar surface area (TPSA) is 57.7 Å². The number of amides is 2. The predicted octanol–water partition coefficient (Wildman–Crippen LogP) is 4.83. The maximum Gasteiger partial charge on any atom is 0.228 e. The summed E-state index contributed by atoms with van der Waals surface area (Å²) in [5, 5.41) is 0. The van der Waals surface area contributed by atoms with Gasteiger partial charge < -0.3 is 9.80 Å². The average molecular weight is 445 g/mol. The van der Waals surface area contributed by atoms with Crippen LogP contribution in [-0.2, 0) is 14.4 Å². The van der Waals surface area contributed by atoms with E-state index in [-0.39, 0.29) is 11.3 Å². The summed E-state index contributed by atoms with van der Waals surface area (Å²) in [5.74, 6) is 3.38. The number of nitrogens with zero attached hydrogens (tertiary/aromatic N) is 2. The fourth-order valence-corrected chi connectivity index (χ4v) is 6.66. The van der Waals surface area contributed by atoms with Gasteiger partial charge in [0.05, 0.1) is 0 Å². The van der Waals surface area contributed by atoms with E-state index in [9.17, 15) is 14.4 Å². The molecule has 4 aliphatic rings. The SMILES string of the molecule is CCCC(=O)CC1CCCC(C2CCC(C(=O)N3CCN(C(=O)C4(C)CC4)CC3)CC2)C1. The van der Waals surface area contributed by atoms with Gasteiger partial charge in [-0.15, -0.1) is 0 Å². The molecule has 0 aromatic heterocycles. The quantitative estimate of drug-likeness (QED) is 0.565. The Morgan fingerprint density at radius 2 is 1.50 bits per heavy atom. The Bertz CT molecular complexity index is 685. The van der Waals surface area contributed by atoms with Crippen molar-refractivity contribution in [3.63, 3.8) is 0 Å². The summed E-state index contributed by atoms with van der Waals surface area (Å²) in [5.41, 5.74) is -0.105. The molecule has 3 aliphatic carbocycles.